The van der Waals surface area contributed by atoms with E-state index in [4.69, 9.17) is 5.11 Å². The van der Waals surface area contributed by atoms with Crippen LogP contribution < -0.4 is 5.32 Å². The zero-order valence-corrected chi connectivity index (χ0v) is 6.37. The zero-order chi connectivity index (χ0) is 8.01. The average Bonchev–Trinajstić information content (AvgIpc) is 2.65. The van der Waals surface area contributed by atoms with Crippen molar-refractivity contribution in [3.63, 3.8) is 0 Å². The van der Waals surface area contributed by atoms with Crippen molar-refractivity contribution < 1.29 is 9.90 Å². The Morgan fingerprint density at radius 3 is 2.91 bits per heavy atom. The first kappa shape index (κ1) is 6.89. The molecule has 3 heteroatoms. The molecule has 0 amide bonds. The van der Waals surface area contributed by atoms with E-state index in [0.29, 0.717) is 23.6 Å². The Morgan fingerprint density at radius 1 is 1.73 bits per heavy atom. The predicted octanol–water partition coefficient (Wildman–Crippen LogP) is -0.452. The third-order valence-electron chi connectivity index (χ3n) is 2.84. The number of aliphatic hydroxyl groups is 1. The van der Waals surface area contributed by atoms with Crippen molar-refractivity contribution in [3.05, 3.63) is 5.70 Å². The molecule has 1 saturated heterocycles. The van der Waals surface area contributed by atoms with Crippen LogP contribution in [0.5, 0.6) is 0 Å². The maximum Gasteiger partial charge on any atom is 0.145 e. The number of fused-ring (bicyclic) bond motifs is 1. The van der Waals surface area contributed by atoms with Crippen LogP contribution in [0, 0.1) is 17.8 Å². The van der Waals surface area contributed by atoms with E-state index < -0.39 is 0 Å². The van der Waals surface area contributed by atoms with E-state index in [0.717, 1.165) is 0 Å². The van der Waals surface area contributed by atoms with Gasteiger partial charge in [0.2, 0.25) is 0 Å². The van der Waals surface area contributed by atoms with Gasteiger partial charge in [-0.25, -0.2) is 4.79 Å². The van der Waals surface area contributed by atoms with Crippen LogP contribution in [0.4, 0.5) is 0 Å². The normalized spacial score (nSPS) is 46.2. The number of aliphatic hydroxyl groups excluding tert-OH is 1. The van der Waals surface area contributed by atoms with Gasteiger partial charge in [0.05, 0.1) is 0 Å². The molecule has 3 nitrogen and oxygen atoms in total. The molecule has 4 unspecified atom stereocenters. The van der Waals surface area contributed by atoms with Gasteiger partial charge in [-0.1, -0.05) is 0 Å². The van der Waals surface area contributed by atoms with Gasteiger partial charge in [-0.2, -0.15) is 0 Å². The van der Waals surface area contributed by atoms with E-state index in [1.165, 1.54) is 0 Å². The topological polar surface area (TPSA) is 49.3 Å². The lowest BCUT2D eigenvalue weighted by molar-refractivity contribution is 0.256. The first-order valence-electron chi connectivity index (χ1n) is 3.92. The van der Waals surface area contributed by atoms with Gasteiger partial charge in [-0.15, -0.1) is 0 Å². The number of carbonyl (C=O) groups excluding carboxylic acids is 1. The summed E-state index contributed by atoms with van der Waals surface area (Å²) in [5.41, 5.74) is 0.668. The Bertz CT molecular complexity index is 232. The Hall–Kier alpha value is -0.790. The van der Waals surface area contributed by atoms with Crippen LogP contribution >= 0.6 is 0 Å². The fraction of sp³-hybridized carbons (Fsp3) is 0.750. The third kappa shape index (κ3) is 0.753. The minimum Gasteiger partial charge on any atom is -0.396 e. The molecule has 0 aromatic rings. The molecule has 2 fully saturated rings. The summed E-state index contributed by atoms with van der Waals surface area (Å²) in [5, 5.41) is 11.9. The molecule has 60 valence electrons. The standard InChI is InChI=1S/C8H11NO2/c1-4-7-5(2-10)8(7)6(3-11)9-4/h4-5,7-10H,2H2,1H3. The second kappa shape index (κ2) is 2.10. The zero-order valence-electron chi connectivity index (χ0n) is 6.37. The highest BCUT2D eigenvalue weighted by Gasteiger charge is 2.59. The molecule has 0 spiro atoms. The quantitative estimate of drug-likeness (QED) is 0.501. The van der Waals surface area contributed by atoms with E-state index in [1.807, 2.05) is 12.9 Å². The van der Waals surface area contributed by atoms with Crippen LogP contribution in [0.25, 0.3) is 0 Å². The van der Waals surface area contributed by atoms with Gasteiger partial charge in [0.1, 0.15) is 11.6 Å². The van der Waals surface area contributed by atoms with Crippen LogP contribution in [0.1, 0.15) is 6.92 Å². The molecule has 1 aliphatic carbocycles. The van der Waals surface area contributed by atoms with Crippen LogP contribution in [-0.4, -0.2) is 23.7 Å². The van der Waals surface area contributed by atoms with E-state index in [-0.39, 0.29) is 12.5 Å². The van der Waals surface area contributed by atoms with Crippen LogP contribution in [-0.2, 0) is 4.79 Å². The van der Waals surface area contributed by atoms with Gasteiger partial charge in [0.15, 0.2) is 0 Å². The molecular formula is C8H11NO2. The summed E-state index contributed by atoms with van der Waals surface area (Å²) >= 11 is 0. The van der Waals surface area contributed by atoms with E-state index in [1.54, 1.807) is 0 Å². The summed E-state index contributed by atoms with van der Waals surface area (Å²) in [7, 11) is 0. The second-order valence-corrected chi connectivity index (χ2v) is 3.40. The smallest absolute Gasteiger partial charge is 0.145 e. The summed E-state index contributed by atoms with van der Waals surface area (Å²) in [6.07, 6.45) is 0. The maximum absolute atomic E-state index is 10.3. The van der Waals surface area contributed by atoms with E-state index >= 15 is 0 Å². The fourth-order valence-corrected chi connectivity index (χ4v) is 2.26. The first-order chi connectivity index (χ1) is 5.29. The molecule has 0 bridgehead atoms. The number of allylic oxidation sites excluding steroid dienone is 1. The predicted molar refractivity (Wildman–Crippen MR) is 39.4 cm³/mol. The van der Waals surface area contributed by atoms with Crippen LogP contribution in [0.3, 0.4) is 0 Å². The van der Waals surface area contributed by atoms with Gasteiger partial charge in [-0.3, -0.25) is 0 Å². The van der Waals surface area contributed by atoms with E-state index in [9.17, 15) is 4.79 Å². The fourth-order valence-electron chi connectivity index (χ4n) is 2.26. The van der Waals surface area contributed by atoms with Crippen molar-refractivity contribution in [2.24, 2.45) is 17.8 Å². The molecule has 11 heavy (non-hydrogen) atoms. The maximum atomic E-state index is 10.3. The first-order valence-corrected chi connectivity index (χ1v) is 3.92. The highest BCUT2D eigenvalue weighted by molar-refractivity contribution is 5.56. The molecule has 0 aromatic carbocycles. The summed E-state index contributed by atoms with van der Waals surface area (Å²) in [5.74, 6) is 2.98. The number of hydrogen-bond acceptors (Lipinski definition) is 3. The lowest BCUT2D eigenvalue weighted by Gasteiger charge is -2.09. The molecule has 1 heterocycles. The summed E-state index contributed by atoms with van der Waals surface area (Å²) in [6.45, 7) is 2.24. The molecule has 2 aliphatic rings. The van der Waals surface area contributed by atoms with Crippen LogP contribution in [0.2, 0.25) is 0 Å². The van der Waals surface area contributed by atoms with Gasteiger partial charge >= 0.3 is 0 Å². The molecule has 2 N–H and O–H groups in total. The minimum absolute atomic E-state index is 0.201. The van der Waals surface area contributed by atoms with Gasteiger partial charge < -0.3 is 10.4 Å². The average molecular weight is 153 g/mol. The highest BCUT2D eigenvalue weighted by Crippen LogP contribution is 2.55. The number of nitrogens with one attached hydrogen (secondary N) is 1. The van der Waals surface area contributed by atoms with Gasteiger partial charge in [-0.05, 0) is 18.8 Å². The molecular weight excluding hydrogens is 142 g/mol. The highest BCUT2D eigenvalue weighted by atomic mass is 16.3. The minimum atomic E-state index is 0.201. The van der Waals surface area contributed by atoms with Crippen LogP contribution in [0.15, 0.2) is 5.70 Å². The molecule has 2 rings (SSSR count). The third-order valence-corrected chi connectivity index (χ3v) is 2.84. The van der Waals surface area contributed by atoms with E-state index in [2.05, 4.69) is 5.32 Å². The molecule has 4 atom stereocenters. The molecule has 0 radical (unpaired) electrons. The van der Waals surface area contributed by atoms with Gasteiger partial charge in [0, 0.05) is 18.6 Å². The summed E-state index contributed by atoms with van der Waals surface area (Å²) in [6, 6.07) is 0.341. The molecule has 1 saturated carbocycles. The number of rotatable bonds is 1. The molecule has 0 aromatic heterocycles. The molecule has 1 aliphatic heterocycles. The lowest BCUT2D eigenvalue weighted by Crippen LogP contribution is -2.24. The Morgan fingerprint density at radius 2 is 2.45 bits per heavy atom. The van der Waals surface area contributed by atoms with Crippen molar-refractivity contribution in [2.75, 3.05) is 6.61 Å². The number of hydrogen-bond donors (Lipinski definition) is 2. The second-order valence-electron chi connectivity index (χ2n) is 3.40. The monoisotopic (exact) mass is 153 g/mol. The van der Waals surface area contributed by atoms with Crippen molar-refractivity contribution in [1.82, 2.24) is 5.32 Å². The Balaban J connectivity index is 2.19. The van der Waals surface area contributed by atoms with Crippen molar-refractivity contribution >= 4 is 5.94 Å². The summed E-state index contributed by atoms with van der Waals surface area (Å²) < 4.78 is 0. The SMILES string of the molecule is CC1NC(=C=O)C2C(CO)C12. The van der Waals surface area contributed by atoms with Crippen molar-refractivity contribution in [2.45, 2.75) is 13.0 Å². The lowest BCUT2D eigenvalue weighted by atomic mass is 10.2. The Labute approximate surface area is 65.1 Å². The Kier molecular flexibility index (Phi) is 1.31. The number of piperidine rings is 1. The largest absolute Gasteiger partial charge is 0.396 e. The van der Waals surface area contributed by atoms with Gasteiger partial charge in [0.25, 0.3) is 0 Å². The summed E-state index contributed by atoms with van der Waals surface area (Å²) in [4.78, 5) is 10.3. The van der Waals surface area contributed by atoms with Crippen molar-refractivity contribution in [3.8, 4) is 0 Å². The van der Waals surface area contributed by atoms with Crippen molar-refractivity contribution in [1.29, 1.82) is 0 Å².